The molecular weight excluding hydrogens is 332 g/mol. The van der Waals surface area contributed by atoms with Crippen LogP contribution in [-0.4, -0.2) is 26.0 Å². The number of ether oxygens (including phenoxy) is 3. The molecule has 0 amide bonds. The van der Waals surface area contributed by atoms with Gasteiger partial charge in [0.15, 0.2) is 0 Å². The average Bonchev–Trinajstić information content (AvgIpc) is 2.66. The molecular formula is C21H24O5. The van der Waals surface area contributed by atoms with Crippen molar-refractivity contribution in [1.29, 1.82) is 0 Å². The highest BCUT2D eigenvalue weighted by Crippen LogP contribution is 2.35. The zero-order chi connectivity index (χ0) is 19.1. The minimum atomic E-state index is -0.917. The number of carbonyl (C=O) groups is 2. The lowest BCUT2D eigenvalue weighted by Gasteiger charge is -2.23. The average molecular weight is 356 g/mol. The van der Waals surface area contributed by atoms with Gasteiger partial charge in [0.1, 0.15) is 29.8 Å². The van der Waals surface area contributed by atoms with Crippen LogP contribution < -0.4 is 9.47 Å². The first-order valence-electron chi connectivity index (χ1n) is 8.40. The molecule has 0 heterocycles. The number of Topliss-reactive ketones (excluding diaryl/α,β-unsaturated/α-hetero) is 1. The SMILES string of the molecule is COc1ccc(OC)c(C(C)C(C(C)=O)C(=O)OCc2ccccc2)c1. The molecule has 2 aromatic carbocycles. The Morgan fingerprint density at radius 3 is 2.27 bits per heavy atom. The van der Waals surface area contributed by atoms with Crippen LogP contribution in [0.5, 0.6) is 11.5 Å². The van der Waals surface area contributed by atoms with E-state index in [2.05, 4.69) is 0 Å². The summed E-state index contributed by atoms with van der Waals surface area (Å²) < 4.78 is 16.0. The second kappa shape index (κ2) is 9.04. The predicted molar refractivity (Wildman–Crippen MR) is 98.4 cm³/mol. The standard InChI is InChI=1S/C21H24O5/c1-14(18-12-17(24-3)10-11-19(18)25-4)20(15(2)22)21(23)26-13-16-8-6-5-7-9-16/h5-12,14,20H,13H2,1-4H3. The number of rotatable bonds is 8. The lowest BCUT2D eigenvalue weighted by molar-refractivity contribution is -0.153. The maximum atomic E-state index is 12.6. The van der Waals surface area contributed by atoms with Crippen LogP contribution >= 0.6 is 0 Å². The third-order valence-corrected chi connectivity index (χ3v) is 4.34. The first-order chi connectivity index (χ1) is 12.5. The van der Waals surface area contributed by atoms with Crippen LogP contribution in [0, 0.1) is 5.92 Å². The molecule has 26 heavy (non-hydrogen) atoms. The Bertz CT molecular complexity index is 754. The molecule has 2 unspecified atom stereocenters. The predicted octanol–water partition coefficient (Wildman–Crippen LogP) is 3.76. The van der Waals surface area contributed by atoms with Gasteiger partial charge in [-0.1, -0.05) is 37.3 Å². The Morgan fingerprint density at radius 1 is 1.00 bits per heavy atom. The first-order valence-corrected chi connectivity index (χ1v) is 8.40. The van der Waals surface area contributed by atoms with Crippen LogP contribution in [0.15, 0.2) is 48.5 Å². The van der Waals surface area contributed by atoms with Crippen LogP contribution in [-0.2, 0) is 20.9 Å². The van der Waals surface area contributed by atoms with Crippen molar-refractivity contribution in [2.75, 3.05) is 14.2 Å². The number of ketones is 1. The normalized spacial score (nSPS) is 12.8. The first kappa shape index (κ1) is 19.5. The third-order valence-electron chi connectivity index (χ3n) is 4.34. The highest BCUT2D eigenvalue weighted by molar-refractivity contribution is 5.98. The Balaban J connectivity index is 2.23. The van der Waals surface area contributed by atoms with Crippen molar-refractivity contribution < 1.29 is 23.8 Å². The Labute approximate surface area is 153 Å². The second-order valence-corrected chi connectivity index (χ2v) is 6.08. The van der Waals surface area contributed by atoms with Gasteiger partial charge in [-0.15, -0.1) is 0 Å². The van der Waals surface area contributed by atoms with Crippen molar-refractivity contribution in [1.82, 2.24) is 0 Å². The molecule has 2 aromatic rings. The van der Waals surface area contributed by atoms with E-state index in [1.807, 2.05) is 37.3 Å². The molecule has 0 bridgehead atoms. The van der Waals surface area contributed by atoms with Crippen LogP contribution in [0.25, 0.3) is 0 Å². The molecule has 5 nitrogen and oxygen atoms in total. The van der Waals surface area contributed by atoms with E-state index < -0.39 is 17.8 Å². The molecule has 0 saturated carbocycles. The molecule has 0 fully saturated rings. The quantitative estimate of drug-likeness (QED) is 0.532. The fourth-order valence-corrected chi connectivity index (χ4v) is 2.92. The van der Waals surface area contributed by atoms with Crippen molar-refractivity contribution >= 4 is 11.8 Å². The van der Waals surface area contributed by atoms with E-state index in [9.17, 15) is 9.59 Å². The van der Waals surface area contributed by atoms with Gasteiger partial charge in [-0.05, 0) is 30.7 Å². The van der Waals surface area contributed by atoms with Crippen LogP contribution in [0.1, 0.15) is 30.9 Å². The van der Waals surface area contributed by atoms with Gasteiger partial charge in [0.05, 0.1) is 14.2 Å². The molecule has 2 rings (SSSR count). The molecule has 0 radical (unpaired) electrons. The van der Waals surface area contributed by atoms with Crippen molar-refractivity contribution in [2.45, 2.75) is 26.4 Å². The largest absolute Gasteiger partial charge is 0.497 e. The van der Waals surface area contributed by atoms with Crippen LogP contribution in [0.2, 0.25) is 0 Å². The van der Waals surface area contributed by atoms with Gasteiger partial charge in [-0.3, -0.25) is 9.59 Å². The summed E-state index contributed by atoms with van der Waals surface area (Å²) in [7, 11) is 3.11. The molecule has 0 aliphatic rings. The molecule has 138 valence electrons. The lowest BCUT2D eigenvalue weighted by atomic mass is 9.84. The topological polar surface area (TPSA) is 61.8 Å². The molecule has 0 aliphatic heterocycles. The minimum absolute atomic E-state index is 0.130. The molecule has 0 saturated heterocycles. The van der Waals surface area contributed by atoms with E-state index in [0.29, 0.717) is 11.5 Å². The van der Waals surface area contributed by atoms with Gasteiger partial charge in [-0.2, -0.15) is 0 Å². The van der Waals surface area contributed by atoms with Crippen molar-refractivity contribution in [3.8, 4) is 11.5 Å². The number of esters is 1. The van der Waals surface area contributed by atoms with Crippen molar-refractivity contribution in [3.63, 3.8) is 0 Å². The van der Waals surface area contributed by atoms with E-state index >= 15 is 0 Å². The fourth-order valence-electron chi connectivity index (χ4n) is 2.92. The maximum absolute atomic E-state index is 12.6. The summed E-state index contributed by atoms with van der Waals surface area (Å²) in [5.41, 5.74) is 1.60. The van der Waals surface area contributed by atoms with E-state index in [1.165, 1.54) is 6.92 Å². The number of hydrogen-bond acceptors (Lipinski definition) is 5. The number of methoxy groups -OCH3 is 2. The van der Waals surface area contributed by atoms with Gasteiger partial charge < -0.3 is 14.2 Å². The number of hydrogen-bond donors (Lipinski definition) is 0. The van der Waals surface area contributed by atoms with E-state index in [0.717, 1.165) is 11.1 Å². The molecule has 5 heteroatoms. The lowest BCUT2D eigenvalue weighted by Crippen LogP contribution is -2.29. The zero-order valence-electron chi connectivity index (χ0n) is 15.5. The van der Waals surface area contributed by atoms with E-state index in [4.69, 9.17) is 14.2 Å². The summed E-state index contributed by atoms with van der Waals surface area (Å²) in [5, 5.41) is 0. The smallest absolute Gasteiger partial charge is 0.317 e. The summed E-state index contributed by atoms with van der Waals surface area (Å²) in [6.45, 7) is 3.34. The van der Waals surface area contributed by atoms with Gasteiger partial charge in [0.2, 0.25) is 0 Å². The van der Waals surface area contributed by atoms with Crippen LogP contribution in [0.4, 0.5) is 0 Å². The Morgan fingerprint density at radius 2 is 1.69 bits per heavy atom. The summed E-state index contributed by atoms with van der Waals surface area (Å²) in [5.74, 6) is -0.896. The van der Waals surface area contributed by atoms with Gasteiger partial charge in [0, 0.05) is 11.5 Å². The zero-order valence-corrected chi connectivity index (χ0v) is 15.5. The van der Waals surface area contributed by atoms with Gasteiger partial charge in [-0.25, -0.2) is 0 Å². The molecule has 0 aliphatic carbocycles. The second-order valence-electron chi connectivity index (χ2n) is 6.08. The highest BCUT2D eigenvalue weighted by Gasteiger charge is 2.33. The molecule has 2 atom stereocenters. The van der Waals surface area contributed by atoms with Crippen molar-refractivity contribution in [2.24, 2.45) is 5.92 Å². The fraction of sp³-hybridized carbons (Fsp3) is 0.333. The molecule has 0 N–H and O–H groups in total. The van der Waals surface area contributed by atoms with Gasteiger partial charge in [0.25, 0.3) is 0 Å². The van der Waals surface area contributed by atoms with E-state index in [-0.39, 0.29) is 12.4 Å². The third kappa shape index (κ3) is 4.63. The molecule has 0 spiro atoms. The summed E-state index contributed by atoms with van der Waals surface area (Å²) >= 11 is 0. The Hall–Kier alpha value is -2.82. The number of benzene rings is 2. The minimum Gasteiger partial charge on any atom is -0.497 e. The summed E-state index contributed by atoms with van der Waals surface area (Å²) in [4.78, 5) is 24.8. The van der Waals surface area contributed by atoms with Crippen molar-refractivity contribution in [3.05, 3.63) is 59.7 Å². The summed E-state index contributed by atoms with van der Waals surface area (Å²) in [6, 6.07) is 14.7. The van der Waals surface area contributed by atoms with E-state index in [1.54, 1.807) is 32.4 Å². The maximum Gasteiger partial charge on any atom is 0.317 e. The highest BCUT2D eigenvalue weighted by atomic mass is 16.5. The number of carbonyl (C=O) groups excluding carboxylic acids is 2. The molecule has 0 aromatic heterocycles. The Kier molecular flexibility index (Phi) is 6.78. The van der Waals surface area contributed by atoms with Crippen LogP contribution in [0.3, 0.4) is 0 Å². The van der Waals surface area contributed by atoms with Gasteiger partial charge >= 0.3 is 5.97 Å². The monoisotopic (exact) mass is 356 g/mol. The summed E-state index contributed by atoms with van der Waals surface area (Å²) in [6.07, 6.45) is 0.